The highest BCUT2D eigenvalue weighted by molar-refractivity contribution is 7.15. The number of aromatic nitrogens is 1. The zero-order chi connectivity index (χ0) is 11.5. The van der Waals surface area contributed by atoms with E-state index in [1.807, 2.05) is 0 Å². The summed E-state index contributed by atoms with van der Waals surface area (Å²) in [5.74, 6) is 0.914. The first kappa shape index (κ1) is 11.9. The summed E-state index contributed by atoms with van der Waals surface area (Å²) >= 11 is 1.77. The number of rotatable bonds is 6. The first-order valence-corrected chi connectivity index (χ1v) is 6.97. The van der Waals surface area contributed by atoms with E-state index in [0.29, 0.717) is 6.54 Å². The fraction of sp³-hybridized carbons (Fsp3) is 0.750. The molecule has 0 unspecified atom stereocenters. The van der Waals surface area contributed by atoms with Crippen LogP contribution in [0.15, 0.2) is 0 Å². The average Bonchev–Trinajstić information content (AvgIpc) is 3.00. The Balaban J connectivity index is 2.09. The third-order valence-corrected chi connectivity index (χ3v) is 4.25. The maximum atomic E-state index is 5.70. The summed E-state index contributed by atoms with van der Waals surface area (Å²) in [7, 11) is 0. The van der Waals surface area contributed by atoms with Crippen LogP contribution in [0.2, 0.25) is 0 Å². The van der Waals surface area contributed by atoms with E-state index in [2.05, 4.69) is 23.7 Å². The van der Waals surface area contributed by atoms with Gasteiger partial charge < -0.3 is 10.6 Å². The van der Waals surface area contributed by atoms with Crippen molar-refractivity contribution < 1.29 is 0 Å². The highest BCUT2D eigenvalue weighted by atomic mass is 32.1. The molecule has 0 bridgehead atoms. The molecule has 2 rings (SSSR count). The second-order valence-electron chi connectivity index (χ2n) is 4.60. The van der Waals surface area contributed by atoms with Crippen LogP contribution >= 0.6 is 11.3 Å². The van der Waals surface area contributed by atoms with E-state index in [1.165, 1.54) is 35.8 Å². The molecule has 0 saturated heterocycles. The lowest BCUT2D eigenvalue weighted by Gasteiger charge is -2.20. The Labute approximate surface area is 102 Å². The molecule has 0 atom stereocenters. The van der Waals surface area contributed by atoms with Gasteiger partial charge in [0.2, 0.25) is 0 Å². The molecule has 0 aromatic carbocycles. The molecule has 0 aliphatic heterocycles. The van der Waals surface area contributed by atoms with Crippen LogP contribution < -0.4 is 10.6 Å². The molecule has 0 amide bonds. The van der Waals surface area contributed by atoms with E-state index in [9.17, 15) is 0 Å². The van der Waals surface area contributed by atoms with E-state index in [-0.39, 0.29) is 0 Å². The van der Waals surface area contributed by atoms with Crippen LogP contribution in [0.3, 0.4) is 0 Å². The number of nitrogens with two attached hydrogens (primary N) is 1. The number of anilines is 1. The molecule has 90 valence electrons. The first-order valence-electron chi connectivity index (χ1n) is 6.16. The summed E-state index contributed by atoms with van der Waals surface area (Å²) in [6.45, 7) is 7.21. The van der Waals surface area contributed by atoms with E-state index < -0.39 is 0 Å². The molecule has 1 saturated carbocycles. The minimum absolute atomic E-state index is 0.618. The largest absolute Gasteiger partial charge is 0.348 e. The van der Waals surface area contributed by atoms with Crippen LogP contribution in [0.5, 0.6) is 0 Å². The maximum absolute atomic E-state index is 5.70. The van der Waals surface area contributed by atoms with Gasteiger partial charge in [0.25, 0.3) is 0 Å². The van der Waals surface area contributed by atoms with Crippen molar-refractivity contribution in [3.8, 4) is 0 Å². The number of thiazole rings is 1. The van der Waals surface area contributed by atoms with Crippen molar-refractivity contribution in [3.05, 3.63) is 10.6 Å². The molecule has 1 aromatic heterocycles. The van der Waals surface area contributed by atoms with Crippen molar-refractivity contribution >= 4 is 16.5 Å². The zero-order valence-corrected chi connectivity index (χ0v) is 11.0. The fourth-order valence-corrected chi connectivity index (χ4v) is 2.86. The minimum Gasteiger partial charge on any atom is -0.348 e. The highest BCUT2D eigenvalue weighted by Crippen LogP contribution is 2.33. The van der Waals surface area contributed by atoms with Gasteiger partial charge in [-0.3, -0.25) is 0 Å². The standard InChI is InChI=1S/C12H21N3S/c1-3-6-15(8-10-4-5-10)12-14-9(2)11(7-13)16-12/h10H,3-8,13H2,1-2H3. The van der Waals surface area contributed by atoms with Crippen molar-refractivity contribution in [2.45, 2.75) is 39.7 Å². The third kappa shape index (κ3) is 2.74. The molecule has 2 N–H and O–H groups in total. The normalized spacial score (nSPS) is 15.4. The average molecular weight is 239 g/mol. The Kier molecular flexibility index (Phi) is 3.82. The van der Waals surface area contributed by atoms with Gasteiger partial charge in [-0.2, -0.15) is 0 Å². The number of hydrogen-bond donors (Lipinski definition) is 1. The lowest BCUT2D eigenvalue weighted by molar-refractivity contribution is 0.705. The van der Waals surface area contributed by atoms with Crippen LogP contribution in [-0.2, 0) is 6.54 Å². The number of aryl methyl sites for hydroxylation is 1. The van der Waals surface area contributed by atoms with E-state index >= 15 is 0 Å². The van der Waals surface area contributed by atoms with Crippen LogP contribution in [-0.4, -0.2) is 18.1 Å². The molecule has 0 spiro atoms. The Bertz CT molecular complexity index is 344. The van der Waals surface area contributed by atoms with Crippen LogP contribution in [0, 0.1) is 12.8 Å². The summed E-state index contributed by atoms with van der Waals surface area (Å²) in [5.41, 5.74) is 6.81. The Morgan fingerprint density at radius 1 is 1.50 bits per heavy atom. The maximum Gasteiger partial charge on any atom is 0.185 e. The van der Waals surface area contributed by atoms with Crippen molar-refractivity contribution in [1.29, 1.82) is 0 Å². The van der Waals surface area contributed by atoms with Gasteiger partial charge in [0.05, 0.1) is 5.69 Å². The van der Waals surface area contributed by atoms with E-state index in [4.69, 9.17) is 5.73 Å². The van der Waals surface area contributed by atoms with Crippen molar-refractivity contribution in [3.63, 3.8) is 0 Å². The van der Waals surface area contributed by atoms with Crippen molar-refractivity contribution in [2.75, 3.05) is 18.0 Å². The van der Waals surface area contributed by atoms with Crippen molar-refractivity contribution in [1.82, 2.24) is 4.98 Å². The molecule has 1 heterocycles. The van der Waals surface area contributed by atoms with Gasteiger partial charge in [-0.15, -0.1) is 11.3 Å². The summed E-state index contributed by atoms with van der Waals surface area (Å²) in [5, 5.41) is 1.17. The fourth-order valence-electron chi connectivity index (χ4n) is 1.88. The van der Waals surface area contributed by atoms with E-state index in [0.717, 1.165) is 18.2 Å². The minimum atomic E-state index is 0.618. The second kappa shape index (κ2) is 5.15. The molecular formula is C12H21N3S. The van der Waals surface area contributed by atoms with Gasteiger partial charge in [0.15, 0.2) is 5.13 Å². The Morgan fingerprint density at radius 3 is 2.75 bits per heavy atom. The summed E-state index contributed by atoms with van der Waals surface area (Å²) in [6, 6.07) is 0. The number of nitrogens with zero attached hydrogens (tertiary/aromatic N) is 2. The van der Waals surface area contributed by atoms with Gasteiger partial charge in [0.1, 0.15) is 0 Å². The van der Waals surface area contributed by atoms with Crippen molar-refractivity contribution in [2.24, 2.45) is 11.7 Å². The van der Waals surface area contributed by atoms with Crippen LogP contribution in [0.1, 0.15) is 36.8 Å². The predicted octanol–water partition coefficient (Wildman–Crippen LogP) is 2.54. The molecule has 4 heteroatoms. The highest BCUT2D eigenvalue weighted by Gasteiger charge is 2.25. The molecule has 1 fully saturated rings. The van der Waals surface area contributed by atoms with Gasteiger partial charge >= 0.3 is 0 Å². The van der Waals surface area contributed by atoms with Crippen LogP contribution in [0.25, 0.3) is 0 Å². The summed E-state index contributed by atoms with van der Waals surface area (Å²) < 4.78 is 0. The zero-order valence-electron chi connectivity index (χ0n) is 10.2. The van der Waals surface area contributed by atoms with Crippen LogP contribution in [0.4, 0.5) is 5.13 Å². The first-order chi connectivity index (χ1) is 7.74. The second-order valence-corrected chi connectivity index (χ2v) is 5.66. The number of hydrogen-bond acceptors (Lipinski definition) is 4. The molecular weight excluding hydrogens is 218 g/mol. The Hall–Kier alpha value is -0.610. The van der Waals surface area contributed by atoms with Gasteiger partial charge in [-0.25, -0.2) is 4.98 Å². The van der Waals surface area contributed by atoms with Gasteiger partial charge in [0, 0.05) is 24.5 Å². The van der Waals surface area contributed by atoms with Gasteiger partial charge in [-0.1, -0.05) is 6.92 Å². The SMILES string of the molecule is CCCN(CC1CC1)c1nc(C)c(CN)s1. The molecule has 0 radical (unpaired) electrons. The third-order valence-electron chi connectivity index (χ3n) is 3.01. The molecule has 1 aliphatic rings. The molecule has 3 nitrogen and oxygen atoms in total. The smallest absolute Gasteiger partial charge is 0.185 e. The molecule has 1 aliphatic carbocycles. The topological polar surface area (TPSA) is 42.2 Å². The predicted molar refractivity (Wildman–Crippen MR) is 70.0 cm³/mol. The lowest BCUT2D eigenvalue weighted by atomic mass is 10.3. The Morgan fingerprint density at radius 2 is 2.25 bits per heavy atom. The summed E-state index contributed by atoms with van der Waals surface area (Å²) in [6.07, 6.45) is 3.98. The van der Waals surface area contributed by atoms with Gasteiger partial charge in [-0.05, 0) is 32.1 Å². The quantitative estimate of drug-likeness (QED) is 0.829. The summed E-state index contributed by atoms with van der Waals surface area (Å²) in [4.78, 5) is 8.31. The van der Waals surface area contributed by atoms with E-state index in [1.54, 1.807) is 11.3 Å². The monoisotopic (exact) mass is 239 g/mol. The lowest BCUT2D eigenvalue weighted by Crippen LogP contribution is -2.26. The molecule has 1 aromatic rings. The molecule has 16 heavy (non-hydrogen) atoms.